The number of rotatable bonds is 11. The summed E-state index contributed by atoms with van der Waals surface area (Å²) in [6.07, 6.45) is 1.34. The highest BCUT2D eigenvalue weighted by atomic mass is 35.5. The predicted molar refractivity (Wildman–Crippen MR) is 167 cm³/mol. The molecule has 17 heteroatoms. The van der Waals surface area contributed by atoms with Crippen LogP contribution in [0.1, 0.15) is 28.4 Å². The van der Waals surface area contributed by atoms with Gasteiger partial charge in [-0.25, -0.2) is 4.79 Å². The van der Waals surface area contributed by atoms with E-state index >= 15 is 0 Å². The third-order valence-corrected chi connectivity index (χ3v) is 8.74. The largest absolute Gasteiger partial charge is 0.493 e. The molecule has 0 unspecified atom stereocenters. The number of esters is 1. The Labute approximate surface area is 271 Å². The van der Waals surface area contributed by atoms with Gasteiger partial charge in [0.05, 0.1) is 34.1 Å². The van der Waals surface area contributed by atoms with Crippen LogP contribution in [-0.4, -0.2) is 61.5 Å². The average Bonchev–Trinajstić information content (AvgIpc) is 3.25. The Morgan fingerprint density at radius 3 is 2.50 bits per heavy atom. The summed E-state index contributed by atoms with van der Waals surface area (Å²) in [5.74, 6) is -2.45. The van der Waals surface area contributed by atoms with Gasteiger partial charge in [-0.3, -0.25) is 29.4 Å². The lowest BCUT2D eigenvalue weighted by molar-refractivity contribution is -0.385. The Hall–Kier alpha value is -4.93. The molecule has 3 aromatic carbocycles. The number of carbonyl (C=O) groups excluding carboxylic acids is 4. The van der Waals surface area contributed by atoms with Crippen LogP contribution in [0.15, 0.2) is 64.4 Å². The molecule has 1 heterocycles. The second-order valence-electron chi connectivity index (χ2n) is 9.38. The molecule has 0 radical (unpaired) electrons. The lowest BCUT2D eigenvalue weighted by Gasteiger charge is -2.13. The highest BCUT2D eigenvalue weighted by molar-refractivity contribution is 8.18. The number of carbonyl (C=O) groups is 4. The molecule has 3 amide bonds. The number of hydrogen-bond donors (Lipinski definition) is 1. The summed E-state index contributed by atoms with van der Waals surface area (Å²) < 4.78 is 41.1. The maximum Gasteiger partial charge on any atom is 0.339 e. The molecule has 1 fully saturated rings. The van der Waals surface area contributed by atoms with Gasteiger partial charge in [-0.05, 0) is 73.6 Å². The molecule has 3 aromatic rings. The molecule has 0 spiro atoms. The summed E-state index contributed by atoms with van der Waals surface area (Å²) in [7, 11) is -3.25. The van der Waals surface area contributed by atoms with Gasteiger partial charge in [0.1, 0.15) is 11.4 Å². The molecule has 1 aliphatic rings. The number of methoxy groups -OCH3 is 1. The van der Waals surface area contributed by atoms with Gasteiger partial charge in [0.2, 0.25) is 5.91 Å². The van der Waals surface area contributed by atoms with Gasteiger partial charge in [0.25, 0.3) is 16.8 Å². The number of ether oxygens (including phenoxy) is 2. The highest BCUT2D eigenvalue weighted by Crippen LogP contribution is 2.36. The van der Waals surface area contributed by atoms with Gasteiger partial charge in [-0.15, -0.1) is 0 Å². The molecule has 0 saturated carbocycles. The van der Waals surface area contributed by atoms with E-state index < -0.39 is 55.2 Å². The van der Waals surface area contributed by atoms with E-state index in [1.165, 1.54) is 68.6 Å². The molecule has 0 aliphatic carbocycles. The Bertz CT molecular complexity index is 1910. The third-order valence-electron chi connectivity index (χ3n) is 6.27. The minimum Gasteiger partial charge on any atom is -0.493 e. The van der Waals surface area contributed by atoms with Crippen molar-refractivity contribution in [3.05, 3.63) is 91.3 Å². The van der Waals surface area contributed by atoms with Crippen LogP contribution < -0.4 is 14.2 Å². The van der Waals surface area contributed by atoms with Gasteiger partial charge < -0.3 is 19.0 Å². The van der Waals surface area contributed by atoms with Crippen molar-refractivity contribution < 1.29 is 46.2 Å². The van der Waals surface area contributed by atoms with E-state index in [1.54, 1.807) is 6.92 Å². The summed E-state index contributed by atoms with van der Waals surface area (Å²) in [4.78, 5) is 61.2. The zero-order chi connectivity index (χ0) is 33.8. The first-order valence-corrected chi connectivity index (χ1v) is 15.7. The minimum absolute atomic E-state index is 0.0239. The van der Waals surface area contributed by atoms with Crippen molar-refractivity contribution in [3.63, 3.8) is 0 Å². The predicted octanol–water partition coefficient (Wildman–Crippen LogP) is 5.18. The number of nitrogens with one attached hydrogen (secondary N) is 1. The van der Waals surface area contributed by atoms with Crippen LogP contribution in [0.4, 0.5) is 16.2 Å². The maximum absolute atomic E-state index is 13.0. The average molecular weight is 690 g/mol. The number of halogens is 1. The van der Waals surface area contributed by atoms with E-state index in [4.69, 9.17) is 25.3 Å². The molecular weight excluding hydrogens is 666 g/mol. The third kappa shape index (κ3) is 7.64. The minimum atomic E-state index is -4.50. The number of nitrogens with zero attached hydrogens (tertiary/aromatic N) is 2. The standard InChI is InChI=1S/C29H24ClN3O11S2/c1-4-43-28(36)20-13-18(7-9-21(20)30)31-26(34)15-32-27(35)25(45-29(32)37)12-17-6-10-23(24(11-17)42-3)44-46(40,41)19-8-5-16(2)22(14-19)33(38)39/h5-14H,4,15H2,1-3H3,(H,31,34)/b25-12-. The summed E-state index contributed by atoms with van der Waals surface area (Å²) in [6, 6.07) is 11.5. The number of hydrogen-bond acceptors (Lipinski definition) is 12. The first-order chi connectivity index (χ1) is 21.7. The molecule has 0 atom stereocenters. The quantitative estimate of drug-likeness (QED) is 0.0914. The fourth-order valence-electron chi connectivity index (χ4n) is 4.05. The van der Waals surface area contributed by atoms with Crippen molar-refractivity contribution in [2.45, 2.75) is 18.7 Å². The molecular formula is C29H24ClN3O11S2. The molecule has 46 heavy (non-hydrogen) atoms. The van der Waals surface area contributed by atoms with Crippen molar-refractivity contribution >= 4 is 74.0 Å². The van der Waals surface area contributed by atoms with E-state index in [9.17, 15) is 37.7 Å². The van der Waals surface area contributed by atoms with Crippen LogP contribution in [0.2, 0.25) is 5.02 Å². The number of aryl methyl sites for hydroxylation is 1. The lowest BCUT2D eigenvalue weighted by Crippen LogP contribution is -2.36. The maximum atomic E-state index is 13.0. The number of amides is 3. The van der Waals surface area contributed by atoms with Crippen molar-refractivity contribution in [2.24, 2.45) is 0 Å². The Morgan fingerprint density at radius 2 is 1.83 bits per heavy atom. The number of nitro benzene ring substituents is 1. The number of imide groups is 1. The fraction of sp³-hybridized carbons (Fsp3) is 0.172. The van der Waals surface area contributed by atoms with Crippen LogP contribution in [0.3, 0.4) is 0 Å². The monoisotopic (exact) mass is 689 g/mol. The Balaban J connectivity index is 1.48. The molecule has 14 nitrogen and oxygen atoms in total. The molecule has 1 saturated heterocycles. The highest BCUT2D eigenvalue weighted by Gasteiger charge is 2.36. The zero-order valence-electron chi connectivity index (χ0n) is 24.3. The van der Waals surface area contributed by atoms with Gasteiger partial charge in [0, 0.05) is 17.3 Å². The van der Waals surface area contributed by atoms with Crippen LogP contribution in [0.25, 0.3) is 6.08 Å². The fourth-order valence-corrected chi connectivity index (χ4v) is 6.04. The smallest absolute Gasteiger partial charge is 0.339 e. The summed E-state index contributed by atoms with van der Waals surface area (Å²) in [6.45, 7) is 2.59. The normalized spacial score (nSPS) is 13.9. The zero-order valence-corrected chi connectivity index (χ0v) is 26.7. The van der Waals surface area contributed by atoms with E-state index in [0.29, 0.717) is 17.3 Å². The Kier molecular flexibility index (Phi) is 10.3. The van der Waals surface area contributed by atoms with E-state index in [2.05, 4.69) is 5.32 Å². The molecule has 0 bridgehead atoms. The summed E-state index contributed by atoms with van der Waals surface area (Å²) >= 11 is 6.63. The van der Waals surface area contributed by atoms with Gasteiger partial charge >= 0.3 is 16.1 Å². The first-order valence-electron chi connectivity index (χ1n) is 13.1. The second-order valence-corrected chi connectivity index (χ2v) is 12.3. The number of benzene rings is 3. The summed E-state index contributed by atoms with van der Waals surface area (Å²) in [5, 5.41) is 13.2. The van der Waals surface area contributed by atoms with Crippen molar-refractivity contribution in [1.82, 2.24) is 4.90 Å². The van der Waals surface area contributed by atoms with Crippen LogP contribution in [0, 0.1) is 17.0 Å². The summed E-state index contributed by atoms with van der Waals surface area (Å²) in [5.41, 5.74) is 0.416. The van der Waals surface area contributed by atoms with Crippen LogP contribution in [-0.2, 0) is 24.4 Å². The lowest BCUT2D eigenvalue weighted by atomic mass is 10.2. The molecule has 1 aliphatic heterocycles. The Morgan fingerprint density at radius 1 is 1.09 bits per heavy atom. The number of thioether (sulfide) groups is 1. The molecule has 4 rings (SSSR count). The van der Waals surface area contributed by atoms with Gasteiger partial charge in [-0.1, -0.05) is 23.7 Å². The second kappa shape index (κ2) is 14.0. The number of anilines is 1. The topological polar surface area (TPSA) is 189 Å². The van der Waals surface area contributed by atoms with Gasteiger partial charge in [-0.2, -0.15) is 8.42 Å². The first kappa shape index (κ1) is 34.0. The van der Waals surface area contributed by atoms with E-state index in [0.717, 1.165) is 11.0 Å². The molecule has 1 N–H and O–H groups in total. The molecule has 0 aromatic heterocycles. The van der Waals surface area contributed by atoms with Crippen LogP contribution >= 0.6 is 23.4 Å². The van der Waals surface area contributed by atoms with Crippen molar-refractivity contribution in [2.75, 3.05) is 25.6 Å². The number of nitro groups is 1. The van der Waals surface area contributed by atoms with E-state index in [-0.39, 0.29) is 44.8 Å². The van der Waals surface area contributed by atoms with Crippen molar-refractivity contribution in [3.8, 4) is 11.5 Å². The van der Waals surface area contributed by atoms with E-state index in [1.807, 2.05) is 0 Å². The van der Waals surface area contributed by atoms with Gasteiger partial charge in [0.15, 0.2) is 11.5 Å². The van der Waals surface area contributed by atoms with Crippen molar-refractivity contribution in [1.29, 1.82) is 0 Å². The SMILES string of the molecule is CCOC(=O)c1cc(NC(=O)CN2C(=O)S/C(=C\c3ccc(OS(=O)(=O)c4ccc(C)c([N+](=O)[O-])c4)c(OC)c3)C2=O)ccc1Cl. The molecule has 240 valence electrons. The van der Waals surface area contributed by atoms with Crippen LogP contribution in [0.5, 0.6) is 11.5 Å².